The van der Waals surface area contributed by atoms with E-state index in [4.69, 9.17) is 0 Å². The molecule has 2 aromatic rings. The van der Waals surface area contributed by atoms with Crippen LogP contribution in [0.5, 0.6) is 0 Å². The zero-order chi connectivity index (χ0) is 13.8. The molecule has 19 heavy (non-hydrogen) atoms. The number of hydrogen-bond acceptors (Lipinski definition) is 2. The van der Waals surface area contributed by atoms with Crippen LogP contribution < -0.4 is 0 Å². The van der Waals surface area contributed by atoms with Gasteiger partial charge in [0.2, 0.25) is 0 Å². The van der Waals surface area contributed by atoms with Gasteiger partial charge in [0.15, 0.2) is 0 Å². The maximum absolute atomic E-state index is 12.2. The van der Waals surface area contributed by atoms with Crippen LogP contribution >= 0.6 is 27.7 Å². The summed E-state index contributed by atoms with van der Waals surface area (Å²) >= 11 is 5.04. The third kappa shape index (κ3) is 3.64. The predicted octanol–water partition coefficient (Wildman–Crippen LogP) is 3.77. The zero-order valence-electron chi connectivity index (χ0n) is 10.8. The molecule has 1 amide bonds. The van der Waals surface area contributed by atoms with Crippen molar-refractivity contribution in [3.63, 3.8) is 0 Å². The molecule has 1 aromatic heterocycles. The highest BCUT2D eigenvalue weighted by Gasteiger charge is 2.13. The summed E-state index contributed by atoms with van der Waals surface area (Å²) in [5.41, 5.74) is 1.72. The molecule has 0 spiro atoms. The number of halogens is 1. The number of thioether (sulfide) groups is 1. The summed E-state index contributed by atoms with van der Waals surface area (Å²) in [4.78, 5) is 18.0. The van der Waals surface area contributed by atoms with Crippen molar-refractivity contribution in [3.05, 3.63) is 52.3 Å². The molecule has 0 radical (unpaired) electrons. The van der Waals surface area contributed by atoms with Crippen molar-refractivity contribution in [2.75, 3.05) is 13.3 Å². The number of aromatic nitrogens is 1. The maximum atomic E-state index is 12.2. The molecule has 0 fully saturated rings. The molecule has 1 heterocycles. The van der Waals surface area contributed by atoms with E-state index in [0.717, 1.165) is 10.0 Å². The summed E-state index contributed by atoms with van der Waals surface area (Å²) in [6, 6.07) is 10.0. The molecule has 2 rings (SSSR count). The summed E-state index contributed by atoms with van der Waals surface area (Å²) in [5.74, 6) is -0.0142. The van der Waals surface area contributed by atoms with Gasteiger partial charge in [0.05, 0.1) is 0 Å². The van der Waals surface area contributed by atoms with Crippen LogP contribution in [0.2, 0.25) is 0 Å². The van der Waals surface area contributed by atoms with E-state index >= 15 is 0 Å². The molecule has 0 aliphatic heterocycles. The zero-order valence-corrected chi connectivity index (χ0v) is 13.2. The second kappa shape index (κ2) is 6.30. The second-order valence-corrected chi connectivity index (χ2v) is 6.04. The van der Waals surface area contributed by atoms with Crippen molar-refractivity contribution in [2.24, 2.45) is 0 Å². The largest absolute Gasteiger partial charge is 0.356 e. The Labute approximate surface area is 125 Å². The Hall–Kier alpha value is -1.20. The molecular weight excluding hydrogens is 324 g/mol. The molecule has 3 nitrogen and oxygen atoms in total. The Balaban J connectivity index is 2.03. The van der Waals surface area contributed by atoms with Crippen molar-refractivity contribution < 1.29 is 4.79 Å². The second-order valence-electron chi connectivity index (χ2n) is 4.24. The highest BCUT2D eigenvalue weighted by Crippen LogP contribution is 2.17. The highest BCUT2D eigenvalue weighted by molar-refractivity contribution is 9.10. The van der Waals surface area contributed by atoms with Crippen LogP contribution in [0.15, 0.2) is 45.9 Å². The lowest BCUT2D eigenvalue weighted by atomic mass is 10.2. The summed E-state index contributed by atoms with van der Waals surface area (Å²) in [6.07, 6.45) is 3.81. The van der Waals surface area contributed by atoms with Gasteiger partial charge in [0.25, 0.3) is 5.91 Å². The molecule has 0 saturated heterocycles. The van der Waals surface area contributed by atoms with Gasteiger partial charge >= 0.3 is 0 Å². The monoisotopic (exact) mass is 338 g/mol. The number of aromatic amines is 1. The van der Waals surface area contributed by atoms with E-state index in [0.29, 0.717) is 12.2 Å². The molecule has 0 unspecified atom stereocenters. The fourth-order valence-electron chi connectivity index (χ4n) is 1.77. The van der Waals surface area contributed by atoms with Gasteiger partial charge in [0, 0.05) is 29.2 Å². The van der Waals surface area contributed by atoms with Crippen molar-refractivity contribution >= 4 is 33.6 Å². The summed E-state index contributed by atoms with van der Waals surface area (Å²) in [7, 11) is 1.81. The minimum absolute atomic E-state index is 0.0142. The third-order valence-corrected chi connectivity index (χ3v) is 4.01. The first kappa shape index (κ1) is 14.2. The topological polar surface area (TPSA) is 36.1 Å². The van der Waals surface area contributed by atoms with Gasteiger partial charge < -0.3 is 9.88 Å². The molecule has 1 N–H and O–H groups in total. The number of carbonyl (C=O) groups is 1. The molecule has 0 aliphatic rings. The predicted molar refractivity (Wildman–Crippen MR) is 82.5 cm³/mol. The van der Waals surface area contributed by atoms with Gasteiger partial charge in [-0.1, -0.05) is 12.1 Å². The van der Waals surface area contributed by atoms with Gasteiger partial charge in [0.1, 0.15) is 5.69 Å². The van der Waals surface area contributed by atoms with Gasteiger partial charge in [-0.15, -0.1) is 11.8 Å². The number of rotatable bonds is 4. The van der Waals surface area contributed by atoms with Gasteiger partial charge in [-0.2, -0.15) is 0 Å². The number of benzene rings is 1. The highest BCUT2D eigenvalue weighted by atomic mass is 79.9. The summed E-state index contributed by atoms with van der Waals surface area (Å²) < 4.78 is 0.883. The van der Waals surface area contributed by atoms with Crippen LogP contribution in [0.25, 0.3) is 0 Å². The molecular formula is C14H15BrN2OS. The molecule has 0 atom stereocenters. The fourth-order valence-corrected chi connectivity index (χ4v) is 2.53. The molecule has 5 heteroatoms. The van der Waals surface area contributed by atoms with E-state index in [-0.39, 0.29) is 5.91 Å². The lowest BCUT2D eigenvalue weighted by molar-refractivity contribution is 0.0780. The number of amides is 1. The van der Waals surface area contributed by atoms with Crippen LogP contribution in [0, 0.1) is 0 Å². The Bertz CT molecular complexity index is 565. The molecule has 100 valence electrons. The molecule has 0 aliphatic carbocycles. The van der Waals surface area contributed by atoms with E-state index in [1.54, 1.807) is 36.0 Å². The lowest BCUT2D eigenvalue weighted by Gasteiger charge is -2.16. The average Bonchev–Trinajstić information content (AvgIpc) is 2.85. The van der Waals surface area contributed by atoms with Crippen molar-refractivity contribution in [1.29, 1.82) is 0 Å². The summed E-state index contributed by atoms with van der Waals surface area (Å²) in [5, 5.41) is 0. The first-order chi connectivity index (χ1) is 9.10. The first-order valence-corrected chi connectivity index (χ1v) is 7.84. The van der Waals surface area contributed by atoms with E-state index in [9.17, 15) is 4.79 Å². The van der Waals surface area contributed by atoms with Crippen molar-refractivity contribution in [2.45, 2.75) is 11.4 Å². The Morgan fingerprint density at radius 1 is 1.37 bits per heavy atom. The lowest BCUT2D eigenvalue weighted by Crippen LogP contribution is -2.26. The smallest absolute Gasteiger partial charge is 0.270 e. The number of nitrogens with one attached hydrogen (secondary N) is 1. The number of nitrogens with zero attached hydrogens (tertiary/aromatic N) is 1. The van der Waals surface area contributed by atoms with Gasteiger partial charge in [-0.25, -0.2) is 0 Å². The standard InChI is InChI=1S/C14H15BrN2OS/c1-17(14(18)13-7-11(15)8-16-13)9-10-3-5-12(19-2)6-4-10/h3-8,16H,9H2,1-2H3. The SMILES string of the molecule is CSc1ccc(CN(C)C(=O)c2cc(Br)c[nH]2)cc1. The first-order valence-electron chi connectivity index (χ1n) is 5.82. The Morgan fingerprint density at radius 2 is 2.05 bits per heavy atom. The Kier molecular flexibility index (Phi) is 4.71. The normalized spacial score (nSPS) is 10.5. The van der Waals surface area contributed by atoms with E-state index < -0.39 is 0 Å². The van der Waals surface area contributed by atoms with Gasteiger partial charge in [-0.05, 0) is 45.9 Å². The quantitative estimate of drug-likeness (QED) is 0.861. The number of H-pyrrole nitrogens is 1. The van der Waals surface area contributed by atoms with Crippen LogP contribution in [0.4, 0.5) is 0 Å². The van der Waals surface area contributed by atoms with E-state index in [2.05, 4.69) is 45.2 Å². The van der Waals surface area contributed by atoms with Crippen LogP contribution in [0.1, 0.15) is 16.1 Å². The van der Waals surface area contributed by atoms with E-state index in [1.165, 1.54) is 4.90 Å². The number of hydrogen-bond donors (Lipinski definition) is 1. The van der Waals surface area contributed by atoms with Crippen LogP contribution in [-0.4, -0.2) is 29.1 Å². The molecule has 0 saturated carbocycles. The summed E-state index contributed by atoms with van der Waals surface area (Å²) in [6.45, 7) is 0.601. The molecule has 1 aromatic carbocycles. The number of carbonyl (C=O) groups excluding carboxylic acids is 1. The molecule has 0 bridgehead atoms. The Morgan fingerprint density at radius 3 is 2.58 bits per heavy atom. The van der Waals surface area contributed by atoms with Gasteiger partial charge in [-0.3, -0.25) is 4.79 Å². The van der Waals surface area contributed by atoms with Crippen LogP contribution in [0.3, 0.4) is 0 Å². The minimum Gasteiger partial charge on any atom is -0.356 e. The maximum Gasteiger partial charge on any atom is 0.270 e. The van der Waals surface area contributed by atoms with E-state index in [1.807, 2.05) is 6.26 Å². The minimum atomic E-state index is -0.0142. The van der Waals surface area contributed by atoms with Crippen LogP contribution in [-0.2, 0) is 6.54 Å². The van der Waals surface area contributed by atoms with Crippen molar-refractivity contribution in [3.8, 4) is 0 Å². The fraction of sp³-hybridized carbons (Fsp3) is 0.214. The average molecular weight is 339 g/mol. The third-order valence-electron chi connectivity index (χ3n) is 2.80. The van der Waals surface area contributed by atoms with Crippen molar-refractivity contribution in [1.82, 2.24) is 9.88 Å².